The first kappa shape index (κ1) is 14.3. The van der Waals surface area contributed by atoms with E-state index in [4.69, 9.17) is 0 Å². The highest BCUT2D eigenvalue weighted by atomic mass is 16.4. The van der Waals surface area contributed by atoms with Gasteiger partial charge in [0.05, 0.1) is 17.6 Å². The zero-order chi connectivity index (χ0) is 14.9. The summed E-state index contributed by atoms with van der Waals surface area (Å²) < 4.78 is 1.75. The van der Waals surface area contributed by atoms with Gasteiger partial charge in [0, 0.05) is 0 Å². The number of carboxylic acids is 1. The van der Waals surface area contributed by atoms with Crippen LogP contribution in [-0.2, 0) is 6.42 Å². The van der Waals surface area contributed by atoms with E-state index in [-0.39, 0.29) is 5.56 Å². The van der Waals surface area contributed by atoms with E-state index in [2.05, 4.69) is 25.9 Å². The number of rotatable bonds is 4. The molecule has 1 aromatic carbocycles. The molecule has 0 spiro atoms. The van der Waals surface area contributed by atoms with Crippen molar-refractivity contribution in [1.82, 2.24) is 9.78 Å². The molecule has 0 unspecified atom stereocenters. The highest BCUT2D eigenvalue weighted by Gasteiger charge is 2.18. The number of hydrogen-bond donors (Lipinski definition) is 1. The summed E-state index contributed by atoms with van der Waals surface area (Å²) >= 11 is 0. The van der Waals surface area contributed by atoms with Gasteiger partial charge in [-0.15, -0.1) is 0 Å². The molecule has 0 atom stereocenters. The van der Waals surface area contributed by atoms with Crippen molar-refractivity contribution in [2.45, 2.75) is 34.1 Å². The van der Waals surface area contributed by atoms with Crippen LogP contribution in [-0.4, -0.2) is 20.9 Å². The lowest BCUT2D eigenvalue weighted by atomic mass is 10.0. The average molecular weight is 272 g/mol. The summed E-state index contributed by atoms with van der Waals surface area (Å²) in [7, 11) is 0. The molecule has 4 nitrogen and oxygen atoms in total. The summed E-state index contributed by atoms with van der Waals surface area (Å²) in [5, 5.41) is 13.6. The molecule has 2 rings (SSSR count). The van der Waals surface area contributed by atoms with E-state index in [9.17, 15) is 9.90 Å². The quantitative estimate of drug-likeness (QED) is 0.928. The van der Waals surface area contributed by atoms with Gasteiger partial charge in [-0.2, -0.15) is 5.10 Å². The number of carboxylic acid groups (broad SMARTS) is 1. The SMILES string of the molecule is Cc1ccc(-n2ncc(C(=O)O)c2CC(C)C)cc1C. The van der Waals surface area contributed by atoms with Gasteiger partial charge in [-0.25, -0.2) is 9.48 Å². The Morgan fingerprint density at radius 3 is 2.55 bits per heavy atom. The predicted octanol–water partition coefficient (Wildman–Crippen LogP) is 3.39. The van der Waals surface area contributed by atoms with Crippen LogP contribution in [0.5, 0.6) is 0 Å². The zero-order valence-corrected chi connectivity index (χ0v) is 12.3. The Labute approximate surface area is 119 Å². The molecule has 0 aliphatic heterocycles. The molecule has 0 fully saturated rings. The van der Waals surface area contributed by atoms with Gasteiger partial charge < -0.3 is 5.11 Å². The molecule has 0 saturated carbocycles. The lowest BCUT2D eigenvalue weighted by Crippen LogP contribution is -2.09. The van der Waals surface area contributed by atoms with Crippen molar-refractivity contribution in [2.75, 3.05) is 0 Å². The lowest BCUT2D eigenvalue weighted by molar-refractivity contribution is 0.0695. The molecule has 4 heteroatoms. The molecule has 0 amide bonds. The maximum absolute atomic E-state index is 11.3. The Kier molecular flexibility index (Phi) is 3.93. The number of hydrogen-bond acceptors (Lipinski definition) is 2. The van der Waals surface area contributed by atoms with Crippen molar-refractivity contribution in [3.63, 3.8) is 0 Å². The van der Waals surface area contributed by atoms with Crippen LogP contribution in [0.3, 0.4) is 0 Å². The molecule has 0 radical (unpaired) electrons. The number of aromatic nitrogens is 2. The molecule has 20 heavy (non-hydrogen) atoms. The van der Waals surface area contributed by atoms with E-state index in [1.165, 1.54) is 17.3 Å². The van der Waals surface area contributed by atoms with E-state index in [1.54, 1.807) is 4.68 Å². The van der Waals surface area contributed by atoms with Crippen molar-refractivity contribution in [1.29, 1.82) is 0 Å². The van der Waals surface area contributed by atoms with E-state index in [1.807, 2.05) is 25.1 Å². The standard InChI is InChI=1S/C16H20N2O2/c1-10(2)7-15-14(16(19)20)9-17-18(15)13-6-5-11(3)12(4)8-13/h5-6,8-10H,7H2,1-4H3,(H,19,20). The first-order valence-electron chi connectivity index (χ1n) is 6.78. The topological polar surface area (TPSA) is 55.1 Å². The van der Waals surface area contributed by atoms with Crippen LogP contribution in [0.15, 0.2) is 24.4 Å². The molecule has 0 saturated heterocycles. The zero-order valence-electron chi connectivity index (χ0n) is 12.3. The summed E-state index contributed by atoms with van der Waals surface area (Å²) in [6.45, 7) is 8.25. The van der Waals surface area contributed by atoms with Crippen molar-refractivity contribution >= 4 is 5.97 Å². The molecule has 1 N–H and O–H groups in total. The Balaban J connectivity index is 2.55. The molecule has 106 valence electrons. The normalized spacial score (nSPS) is 11.1. The maximum Gasteiger partial charge on any atom is 0.339 e. The third-order valence-corrected chi connectivity index (χ3v) is 3.44. The van der Waals surface area contributed by atoms with Gasteiger partial charge >= 0.3 is 5.97 Å². The summed E-state index contributed by atoms with van der Waals surface area (Å²) in [6, 6.07) is 6.05. The minimum atomic E-state index is -0.921. The molecule has 2 aromatic rings. The lowest BCUT2D eigenvalue weighted by Gasteiger charge is -2.12. The van der Waals surface area contributed by atoms with Crippen LogP contribution in [0.25, 0.3) is 5.69 Å². The number of nitrogens with zero attached hydrogens (tertiary/aromatic N) is 2. The Morgan fingerprint density at radius 1 is 1.30 bits per heavy atom. The van der Waals surface area contributed by atoms with Gasteiger partial charge in [0.2, 0.25) is 0 Å². The fourth-order valence-electron chi connectivity index (χ4n) is 2.22. The monoisotopic (exact) mass is 272 g/mol. The Bertz CT molecular complexity index is 642. The summed E-state index contributed by atoms with van der Waals surface area (Å²) in [5.41, 5.74) is 4.35. The van der Waals surface area contributed by atoms with Crippen LogP contribution in [0, 0.1) is 19.8 Å². The van der Waals surface area contributed by atoms with Crippen LogP contribution < -0.4 is 0 Å². The van der Waals surface area contributed by atoms with Crippen molar-refractivity contribution in [3.8, 4) is 5.69 Å². The summed E-state index contributed by atoms with van der Waals surface area (Å²) in [5.74, 6) is -0.550. The first-order chi connectivity index (χ1) is 9.40. The van der Waals surface area contributed by atoms with Crippen LogP contribution in [0.1, 0.15) is 41.0 Å². The summed E-state index contributed by atoms with van der Waals surface area (Å²) in [4.78, 5) is 11.3. The Hall–Kier alpha value is -2.10. The predicted molar refractivity (Wildman–Crippen MR) is 78.5 cm³/mol. The van der Waals surface area contributed by atoms with Crippen molar-refractivity contribution in [2.24, 2.45) is 5.92 Å². The second-order valence-electron chi connectivity index (χ2n) is 5.59. The third kappa shape index (κ3) is 2.74. The number of benzene rings is 1. The summed E-state index contributed by atoms with van der Waals surface area (Å²) in [6.07, 6.45) is 2.13. The van der Waals surface area contributed by atoms with E-state index >= 15 is 0 Å². The molecule has 0 bridgehead atoms. The number of carbonyl (C=O) groups is 1. The van der Waals surface area contributed by atoms with Gasteiger partial charge in [0.15, 0.2) is 0 Å². The van der Waals surface area contributed by atoms with Crippen LogP contribution in [0.4, 0.5) is 0 Å². The molecular formula is C16H20N2O2. The molecule has 0 aliphatic carbocycles. The smallest absolute Gasteiger partial charge is 0.339 e. The number of aryl methyl sites for hydroxylation is 2. The molecule has 1 aromatic heterocycles. The molecular weight excluding hydrogens is 252 g/mol. The van der Waals surface area contributed by atoms with Gasteiger partial charge in [-0.3, -0.25) is 0 Å². The van der Waals surface area contributed by atoms with Gasteiger partial charge in [0.1, 0.15) is 5.56 Å². The fourth-order valence-corrected chi connectivity index (χ4v) is 2.22. The average Bonchev–Trinajstić information content (AvgIpc) is 2.75. The van der Waals surface area contributed by atoms with E-state index in [0.29, 0.717) is 12.3 Å². The third-order valence-electron chi connectivity index (χ3n) is 3.44. The minimum absolute atomic E-state index is 0.289. The second kappa shape index (κ2) is 5.49. The first-order valence-corrected chi connectivity index (χ1v) is 6.78. The fraction of sp³-hybridized carbons (Fsp3) is 0.375. The largest absolute Gasteiger partial charge is 0.478 e. The van der Waals surface area contributed by atoms with E-state index in [0.717, 1.165) is 11.4 Å². The van der Waals surface area contributed by atoms with Gasteiger partial charge in [-0.1, -0.05) is 19.9 Å². The minimum Gasteiger partial charge on any atom is -0.478 e. The highest BCUT2D eigenvalue weighted by Crippen LogP contribution is 2.20. The second-order valence-corrected chi connectivity index (χ2v) is 5.59. The van der Waals surface area contributed by atoms with E-state index < -0.39 is 5.97 Å². The van der Waals surface area contributed by atoms with Crippen LogP contribution >= 0.6 is 0 Å². The molecule has 1 heterocycles. The number of aromatic carboxylic acids is 1. The van der Waals surface area contributed by atoms with Crippen molar-refractivity contribution < 1.29 is 9.90 Å². The van der Waals surface area contributed by atoms with Crippen LogP contribution in [0.2, 0.25) is 0 Å². The highest BCUT2D eigenvalue weighted by molar-refractivity contribution is 5.88. The Morgan fingerprint density at radius 2 is 2.00 bits per heavy atom. The maximum atomic E-state index is 11.3. The van der Waals surface area contributed by atoms with Crippen molar-refractivity contribution in [3.05, 3.63) is 46.8 Å². The van der Waals surface area contributed by atoms with Gasteiger partial charge in [0.25, 0.3) is 0 Å². The van der Waals surface area contributed by atoms with Gasteiger partial charge in [-0.05, 0) is 49.4 Å². The molecule has 0 aliphatic rings.